The van der Waals surface area contributed by atoms with Crippen molar-refractivity contribution in [2.45, 2.75) is 52.3 Å². The van der Waals surface area contributed by atoms with Gasteiger partial charge in [0.25, 0.3) is 0 Å². The summed E-state index contributed by atoms with van der Waals surface area (Å²) in [6, 6.07) is 6.83. The van der Waals surface area contributed by atoms with E-state index in [9.17, 15) is 9.18 Å². The van der Waals surface area contributed by atoms with Crippen molar-refractivity contribution < 1.29 is 27.4 Å². The second-order valence-electron chi connectivity index (χ2n) is 12.4. The van der Waals surface area contributed by atoms with Gasteiger partial charge < -0.3 is 29.9 Å². The van der Waals surface area contributed by atoms with Gasteiger partial charge in [-0.1, -0.05) is 6.92 Å². The number of benzene rings is 1. The highest BCUT2D eigenvalue weighted by Gasteiger charge is 2.29. The molecule has 0 aliphatic carbocycles. The highest BCUT2D eigenvalue weighted by molar-refractivity contribution is 5.71. The molecule has 1 aromatic carbocycles. The van der Waals surface area contributed by atoms with Gasteiger partial charge in [-0.15, -0.1) is 0 Å². The maximum absolute atomic E-state index is 15.2. The Kier molecular flexibility index (Phi) is 9.48. The molecule has 2 unspecified atom stereocenters. The number of halogens is 3. The van der Waals surface area contributed by atoms with E-state index in [1.165, 1.54) is 18.2 Å². The molecule has 0 saturated carbocycles. The van der Waals surface area contributed by atoms with Gasteiger partial charge in [0.15, 0.2) is 0 Å². The Morgan fingerprint density at radius 1 is 1.05 bits per heavy atom. The number of alkyl carbamates (subject to hydrolysis) is 1. The van der Waals surface area contributed by atoms with Crippen LogP contribution in [-0.4, -0.2) is 67.1 Å². The average molecular weight is 613 g/mol. The summed E-state index contributed by atoms with van der Waals surface area (Å²) in [5, 5.41) is 6.29. The molecule has 2 aliphatic rings. The number of carbonyl (C=O) groups is 1. The van der Waals surface area contributed by atoms with Crippen LogP contribution in [0.25, 0.3) is 11.3 Å². The van der Waals surface area contributed by atoms with Gasteiger partial charge in [0, 0.05) is 44.1 Å². The highest BCUT2D eigenvalue weighted by atomic mass is 19.1. The zero-order valence-corrected chi connectivity index (χ0v) is 25.5. The zero-order valence-electron chi connectivity index (χ0n) is 25.5. The number of carbonyl (C=O) groups excluding carboxylic acids is 1. The van der Waals surface area contributed by atoms with E-state index < -0.39 is 34.7 Å². The molecule has 1 amide bonds. The number of pyridine rings is 2. The van der Waals surface area contributed by atoms with Crippen LogP contribution in [0.2, 0.25) is 0 Å². The van der Waals surface area contributed by atoms with Gasteiger partial charge in [-0.05, 0) is 63.4 Å². The Morgan fingerprint density at radius 2 is 1.77 bits per heavy atom. The molecule has 0 radical (unpaired) electrons. The fraction of sp³-hybridized carbons (Fsp3) is 0.469. The number of piperidine rings is 1. The minimum absolute atomic E-state index is 0.115. The van der Waals surface area contributed by atoms with Crippen LogP contribution in [-0.2, 0) is 16.0 Å². The quantitative estimate of drug-likeness (QED) is 0.349. The zero-order chi connectivity index (χ0) is 31.4. The third kappa shape index (κ3) is 7.71. The van der Waals surface area contributed by atoms with E-state index in [2.05, 4.69) is 32.4 Å². The van der Waals surface area contributed by atoms with Crippen LogP contribution in [0.5, 0.6) is 0 Å². The molecule has 2 aromatic heterocycles. The summed E-state index contributed by atoms with van der Waals surface area (Å²) in [7, 11) is 0. The summed E-state index contributed by atoms with van der Waals surface area (Å²) in [4.78, 5) is 25.0. The molecular formula is C32H39F3N6O3. The Balaban J connectivity index is 1.31. The molecule has 3 aromatic rings. The van der Waals surface area contributed by atoms with Crippen molar-refractivity contribution >= 4 is 23.2 Å². The molecule has 2 saturated heterocycles. The number of anilines is 3. The van der Waals surface area contributed by atoms with E-state index >= 15 is 8.78 Å². The summed E-state index contributed by atoms with van der Waals surface area (Å²) < 4.78 is 56.1. The van der Waals surface area contributed by atoms with Gasteiger partial charge in [0.2, 0.25) is 0 Å². The summed E-state index contributed by atoms with van der Waals surface area (Å²) in [5.74, 6) is -2.29. The van der Waals surface area contributed by atoms with Gasteiger partial charge in [0.1, 0.15) is 28.7 Å². The molecule has 2 fully saturated rings. The van der Waals surface area contributed by atoms with Crippen molar-refractivity contribution in [2.75, 3.05) is 54.5 Å². The Bertz CT molecular complexity index is 1450. The molecular weight excluding hydrogens is 573 g/mol. The Labute approximate surface area is 255 Å². The molecule has 2 aliphatic heterocycles. The SMILES string of the molecule is CC1CC(NC(=O)OC(C)(C)C)CN(c2ccncc2NCc2ccc(F)c(-c3c(F)cc(N4CCOCC4)cc3F)n2)C1. The van der Waals surface area contributed by atoms with Crippen LogP contribution < -0.4 is 20.4 Å². The topological polar surface area (TPSA) is 91.8 Å². The van der Waals surface area contributed by atoms with E-state index in [-0.39, 0.29) is 18.3 Å². The minimum atomic E-state index is -0.883. The molecule has 2 N–H and O–H groups in total. The van der Waals surface area contributed by atoms with E-state index in [1.54, 1.807) is 12.4 Å². The van der Waals surface area contributed by atoms with Gasteiger partial charge in [-0.2, -0.15) is 0 Å². The molecule has 0 spiro atoms. The average Bonchev–Trinajstić information content (AvgIpc) is 2.96. The van der Waals surface area contributed by atoms with E-state index in [1.807, 2.05) is 31.7 Å². The first kappa shape index (κ1) is 31.4. The van der Waals surface area contributed by atoms with Gasteiger partial charge in [-0.3, -0.25) is 4.98 Å². The van der Waals surface area contributed by atoms with Crippen LogP contribution in [0, 0.1) is 23.4 Å². The number of hydrogen-bond donors (Lipinski definition) is 2. The minimum Gasteiger partial charge on any atom is -0.444 e. The Hall–Kier alpha value is -4.06. The second-order valence-corrected chi connectivity index (χ2v) is 12.4. The summed E-state index contributed by atoms with van der Waals surface area (Å²) >= 11 is 0. The van der Waals surface area contributed by atoms with Crippen molar-refractivity contribution in [3.05, 3.63) is 65.9 Å². The number of morpholine rings is 1. The lowest BCUT2D eigenvalue weighted by molar-refractivity contribution is 0.0495. The van der Waals surface area contributed by atoms with E-state index in [4.69, 9.17) is 9.47 Å². The largest absolute Gasteiger partial charge is 0.444 e. The van der Waals surface area contributed by atoms with E-state index in [0.717, 1.165) is 24.7 Å². The van der Waals surface area contributed by atoms with Crippen molar-refractivity contribution in [3.8, 4) is 11.3 Å². The van der Waals surface area contributed by atoms with Gasteiger partial charge >= 0.3 is 6.09 Å². The van der Waals surface area contributed by atoms with Crippen molar-refractivity contribution in [3.63, 3.8) is 0 Å². The first-order valence-electron chi connectivity index (χ1n) is 14.9. The maximum atomic E-state index is 15.2. The molecule has 2 atom stereocenters. The van der Waals surface area contributed by atoms with Crippen molar-refractivity contribution in [1.82, 2.24) is 15.3 Å². The van der Waals surface area contributed by atoms with Crippen molar-refractivity contribution in [2.24, 2.45) is 5.92 Å². The lowest BCUT2D eigenvalue weighted by Gasteiger charge is -2.39. The standard InChI is InChI=1S/C32H39F3N6O3/c1-20-13-22(39-31(42)44-32(2,3)4)19-41(18-20)28-7-8-36-17-27(28)37-16-21-5-6-24(33)30(38-21)29-25(34)14-23(15-26(29)35)40-9-11-43-12-10-40/h5-8,14-15,17,20,22,37H,9-13,16,18-19H2,1-4H3,(H,39,42). The normalized spacial score (nSPS) is 19.1. The number of aromatic nitrogens is 2. The first-order chi connectivity index (χ1) is 21.0. The number of rotatable bonds is 7. The number of amides is 1. The summed E-state index contributed by atoms with van der Waals surface area (Å²) in [5.41, 5.74) is 0.867. The number of nitrogens with zero attached hydrogens (tertiary/aromatic N) is 4. The van der Waals surface area contributed by atoms with Crippen molar-refractivity contribution in [1.29, 1.82) is 0 Å². The fourth-order valence-corrected chi connectivity index (χ4v) is 5.66. The number of ether oxygens (including phenoxy) is 2. The predicted molar refractivity (Wildman–Crippen MR) is 163 cm³/mol. The van der Waals surface area contributed by atoms with Crippen LogP contribution in [0.1, 0.15) is 39.8 Å². The Morgan fingerprint density at radius 3 is 2.48 bits per heavy atom. The summed E-state index contributed by atoms with van der Waals surface area (Å²) in [6.45, 7) is 11.1. The first-order valence-corrected chi connectivity index (χ1v) is 14.9. The monoisotopic (exact) mass is 612 g/mol. The van der Waals surface area contributed by atoms with Crippen LogP contribution in [0.3, 0.4) is 0 Å². The smallest absolute Gasteiger partial charge is 0.407 e. The molecule has 236 valence electrons. The van der Waals surface area contributed by atoms with Crippen LogP contribution >= 0.6 is 0 Å². The summed E-state index contributed by atoms with van der Waals surface area (Å²) in [6.07, 6.45) is 3.73. The highest BCUT2D eigenvalue weighted by Crippen LogP contribution is 2.33. The fourth-order valence-electron chi connectivity index (χ4n) is 5.66. The molecule has 4 heterocycles. The van der Waals surface area contributed by atoms with Gasteiger partial charge in [-0.25, -0.2) is 22.9 Å². The molecule has 5 rings (SSSR count). The van der Waals surface area contributed by atoms with Gasteiger partial charge in [0.05, 0.1) is 48.6 Å². The molecule has 0 bridgehead atoms. The number of nitrogens with one attached hydrogen (secondary N) is 2. The number of hydrogen-bond acceptors (Lipinski definition) is 8. The molecule has 9 nitrogen and oxygen atoms in total. The third-order valence-electron chi connectivity index (χ3n) is 7.52. The van der Waals surface area contributed by atoms with Crippen LogP contribution in [0.4, 0.5) is 35.0 Å². The lowest BCUT2D eigenvalue weighted by Crippen LogP contribution is -2.51. The van der Waals surface area contributed by atoms with Crippen LogP contribution in [0.15, 0.2) is 42.7 Å². The third-order valence-corrected chi connectivity index (χ3v) is 7.52. The second kappa shape index (κ2) is 13.3. The maximum Gasteiger partial charge on any atom is 0.407 e. The predicted octanol–water partition coefficient (Wildman–Crippen LogP) is 5.75. The molecule has 44 heavy (non-hydrogen) atoms. The van der Waals surface area contributed by atoms with E-state index in [0.29, 0.717) is 55.8 Å². The molecule has 12 heteroatoms. The lowest BCUT2D eigenvalue weighted by atomic mass is 9.95.